The molecule has 2 N–H and O–H groups in total. The number of nitro benzene ring substituents is 1. The highest BCUT2D eigenvalue weighted by atomic mass is 16.6. The summed E-state index contributed by atoms with van der Waals surface area (Å²) in [7, 11) is 0. The van der Waals surface area contributed by atoms with E-state index in [2.05, 4.69) is 15.8 Å². The normalized spacial score (nSPS) is 10.5. The molecule has 0 aliphatic carbocycles. The molecule has 25 heavy (non-hydrogen) atoms. The molecule has 0 aliphatic rings. The number of hydrazone groups is 1. The Morgan fingerprint density at radius 3 is 2.40 bits per heavy atom. The molecule has 0 aromatic heterocycles. The van der Waals surface area contributed by atoms with Gasteiger partial charge in [-0.05, 0) is 48.7 Å². The fourth-order valence-electron chi connectivity index (χ4n) is 1.96. The van der Waals surface area contributed by atoms with E-state index in [0.717, 1.165) is 11.1 Å². The molecular formula is C17H16N4O4. The van der Waals surface area contributed by atoms with Crippen molar-refractivity contribution in [2.24, 2.45) is 5.10 Å². The average Bonchev–Trinajstić information content (AvgIpc) is 2.59. The molecule has 0 fully saturated rings. The van der Waals surface area contributed by atoms with Crippen LogP contribution in [0.25, 0.3) is 0 Å². The molecule has 2 rings (SSSR count). The number of anilines is 1. The summed E-state index contributed by atoms with van der Waals surface area (Å²) < 4.78 is 0. The third-order valence-corrected chi connectivity index (χ3v) is 3.54. The van der Waals surface area contributed by atoms with E-state index in [1.165, 1.54) is 30.5 Å². The van der Waals surface area contributed by atoms with E-state index in [1.54, 1.807) is 12.1 Å². The van der Waals surface area contributed by atoms with Crippen LogP contribution in [0, 0.1) is 24.0 Å². The van der Waals surface area contributed by atoms with Gasteiger partial charge in [0, 0.05) is 17.8 Å². The van der Waals surface area contributed by atoms with Crippen LogP contribution in [0.4, 0.5) is 11.4 Å². The number of benzene rings is 2. The number of aryl methyl sites for hydroxylation is 1. The van der Waals surface area contributed by atoms with Crippen molar-refractivity contribution in [3.8, 4) is 0 Å². The molecule has 0 saturated carbocycles. The summed E-state index contributed by atoms with van der Waals surface area (Å²) in [5.74, 6) is -1.76. The van der Waals surface area contributed by atoms with Crippen LogP contribution in [0.15, 0.2) is 47.6 Å². The molecule has 2 aromatic carbocycles. The number of carbonyl (C=O) groups is 2. The molecule has 2 aromatic rings. The van der Waals surface area contributed by atoms with E-state index in [4.69, 9.17) is 0 Å². The first-order valence-electron chi connectivity index (χ1n) is 7.33. The van der Waals surface area contributed by atoms with E-state index in [1.807, 2.05) is 19.9 Å². The number of rotatable bonds is 4. The quantitative estimate of drug-likeness (QED) is 0.385. The Morgan fingerprint density at radius 2 is 1.76 bits per heavy atom. The van der Waals surface area contributed by atoms with Gasteiger partial charge in [0.25, 0.3) is 5.69 Å². The molecule has 0 aliphatic heterocycles. The number of nitro groups is 1. The first-order chi connectivity index (χ1) is 11.9. The van der Waals surface area contributed by atoms with Gasteiger partial charge in [0.2, 0.25) is 0 Å². The number of nitrogens with zero attached hydrogens (tertiary/aromatic N) is 2. The maximum absolute atomic E-state index is 11.9. The van der Waals surface area contributed by atoms with E-state index in [-0.39, 0.29) is 5.69 Å². The van der Waals surface area contributed by atoms with Crippen LogP contribution in [0.1, 0.15) is 16.7 Å². The van der Waals surface area contributed by atoms with Gasteiger partial charge in [0.05, 0.1) is 11.1 Å². The van der Waals surface area contributed by atoms with Crippen molar-refractivity contribution in [3.63, 3.8) is 0 Å². The Labute approximate surface area is 143 Å². The number of amides is 2. The van der Waals surface area contributed by atoms with Crippen molar-refractivity contribution in [1.82, 2.24) is 5.43 Å². The van der Waals surface area contributed by atoms with Crippen molar-refractivity contribution >= 4 is 29.4 Å². The lowest BCUT2D eigenvalue weighted by atomic mass is 10.1. The zero-order valence-corrected chi connectivity index (χ0v) is 13.6. The van der Waals surface area contributed by atoms with E-state index >= 15 is 0 Å². The van der Waals surface area contributed by atoms with E-state index in [9.17, 15) is 19.7 Å². The van der Waals surface area contributed by atoms with Crippen LogP contribution < -0.4 is 10.7 Å². The smallest absolute Gasteiger partial charge is 0.317 e. The zero-order chi connectivity index (χ0) is 18.4. The summed E-state index contributed by atoms with van der Waals surface area (Å²) in [6.45, 7) is 3.75. The van der Waals surface area contributed by atoms with Crippen molar-refractivity contribution < 1.29 is 14.5 Å². The van der Waals surface area contributed by atoms with Crippen molar-refractivity contribution in [3.05, 3.63) is 69.3 Å². The third-order valence-electron chi connectivity index (χ3n) is 3.54. The SMILES string of the molecule is Cc1cccc(NC(=O)C(=O)N/N=C/c2ccc([N+](=O)[O-])cc2)c1C. The number of carbonyl (C=O) groups excluding carboxylic acids is 2. The van der Waals surface area contributed by atoms with Gasteiger partial charge in [-0.3, -0.25) is 19.7 Å². The standard InChI is InChI=1S/C17H16N4O4/c1-11-4-3-5-15(12(11)2)19-16(22)17(23)20-18-10-13-6-8-14(9-7-13)21(24)25/h3-10H,1-2H3,(H,19,22)(H,20,23)/b18-10+. The number of hydrogen-bond acceptors (Lipinski definition) is 5. The Kier molecular flexibility index (Phi) is 5.57. The van der Waals surface area contributed by atoms with Crippen LogP contribution in [-0.2, 0) is 9.59 Å². The molecule has 8 nitrogen and oxygen atoms in total. The number of non-ortho nitro benzene ring substituents is 1. The predicted molar refractivity (Wildman–Crippen MR) is 93.4 cm³/mol. The molecule has 128 valence electrons. The van der Waals surface area contributed by atoms with Gasteiger partial charge in [0.15, 0.2) is 0 Å². The molecule has 0 atom stereocenters. The summed E-state index contributed by atoms with van der Waals surface area (Å²) in [5, 5.41) is 16.7. The lowest BCUT2D eigenvalue weighted by Crippen LogP contribution is -2.32. The predicted octanol–water partition coefficient (Wildman–Crippen LogP) is 2.30. The second kappa shape index (κ2) is 7.82. The summed E-state index contributed by atoms with van der Waals surface area (Å²) in [5.41, 5.74) is 5.03. The Balaban J connectivity index is 1.93. The molecule has 0 heterocycles. The second-order valence-electron chi connectivity index (χ2n) is 5.25. The molecular weight excluding hydrogens is 324 g/mol. The molecule has 0 radical (unpaired) electrons. The van der Waals surface area contributed by atoms with Gasteiger partial charge in [0.1, 0.15) is 0 Å². The lowest BCUT2D eigenvalue weighted by Gasteiger charge is -2.09. The maximum Gasteiger partial charge on any atom is 0.329 e. The van der Waals surface area contributed by atoms with Gasteiger partial charge in [-0.25, -0.2) is 5.43 Å². The number of nitrogens with one attached hydrogen (secondary N) is 2. The van der Waals surface area contributed by atoms with E-state index in [0.29, 0.717) is 11.3 Å². The van der Waals surface area contributed by atoms with Crippen LogP contribution in [0.2, 0.25) is 0 Å². The minimum Gasteiger partial charge on any atom is -0.317 e. The molecule has 0 unspecified atom stereocenters. The van der Waals surface area contributed by atoms with E-state index < -0.39 is 16.7 Å². The molecule has 0 bridgehead atoms. The first kappa shape index (κ1) is 17.8. The average molecular weight is 340 g/mol. The zero-order valence-electron chi connectivity index (χ0n) is 13.6. The van der Waals surface area contributed by atoms with Gasteiger partial charge >= 0.3 is 11.8 Å². The lowest BCUT2D eigenvalue weighted by molar-refractivity contribution is -0.384. The number of hydrogen-bond donors (Lipinski definition) is 2. The van der Waals surface area contributed by atoms with Crippen LogP contribution in [0.3, 0.4) is 0 Å². The summed E-state index contributed by atoms with van der Waals surface area (Å²) in [4.78, 5) is 33.7. The van der Waals surface area contributed by atoms with Gasteiger partial charge in [-0.15, -0.1) is 0 Å². The van der Waals surface area contributed by atoms with Gasteiger partial charge in [-0.2, -0.15) is 5.10 Å². The van der Waals surface area contributed by atoms with Crippen LogP contribution >= 0.6 is 0 Å². The topological polar surface area (TPSA) is 114 Å². The monoisotopic (exact) mass is 340 g/mol. The van der Waals surface area contributed by atoms with Crippen molar-refractivity contribution in [2.75, 3.05) is 5.32 Å². The highest BCUT2D eigenvalue weighted by Crippen LogP contribution is 2.17. The minimum atomic E-state index is -0.918. The fourth-order valence-corrected chi connectivity index (χ4v) is 1.96. The van der Waals surface area contributed by atoms with Crippen molar-refractivity contribution in [2.45, 2.75) is 13.8 Å². The fraction of sp³-hybridized carbons (Fsp3) is 0.118. The minimum absolute atomic E-state index is 0.0471. The maximum atomic E-state index is 11.9. The largest absolute Gasteiger partial charge is 0.329 e. The molecule has 2 amide bonds. The molecule has 0 spiro atoms. The van der Waals surface area contributed by atoms with Crippen molar-refractivity contribution in [1.29, 1.82) is 0 Å². The summed E-state index contributed by atoms with van der Waals surface area (Å²) >= 11 is 0. The Morgan fingerprint density at radius 1 is 1.08 bits per heavy atom. The Hall–Kier alpha value is -3.55. The summed E-state index contributed by atoms with van der Waals surface area (Å²) in [6, 6.07) is 11.0. The Bertz CT molecular complexity index is 844. The van der Waals surface area contributed by atoms with Gasteiger partial charge in [-0.1, -0.05) is 12.1 Å². The molecule has 8 heteroatoms. The first-order valence-corrected chi connectivity index (χ1v) is 7.33. The highest BCUT2D eigenvalue weighted by molar-refractivity contribution is 6.39. The molecule has 0 saturated heterocycles. The summed E-state index contributed by atoms with van der Waals surface area (Å²) in [6.07, 6.45) is 1.28. The third kappa shape index (κ3) is 4.71. The highest BCUT2D eigenvalue weighted by Gasteiger charge is 2.14. The van der Waals surface area contributed by atoms with Gasteiger partial charge < -0.3 is 5.32 Å². The van der Waals surface area contributed by atoms with Crippen LogP contribution in [-0.4, -0.2) is 23.0 Å². The van der Waals surface area contributed by atoms with Crippen LogP contribution in [0.5, 0.6) is 0 Å². The second-order valence-corrected chi connectivity index (χ2v) is 5.25.